The van der Waals surface area contributed by atoms with Gasteiger partial charge in [-0.25, -0.2) is 0 Å². The van der Waals surface area contributed by atoms with Crippen molar-refractivity contribution in [2.45, 2.75) is 13.0 Å². The molecule has 4 nitrogen and oxygen atoms in total. The van der Waals surface area contributed by atoms with Crippen LogP contribution in [0.3, 0.4) is 0 Å². The van der Waals surface area contributed by atoms with E-state index in [-0.39, 0.29) is 5.91 Å². The molecule has 1 amide bonds. The lowest BCUT2D eigenvalue weighted by molar-refractivity contribution is 0.0950. The molecular weight excluding hydrogens is 320 g/mol. The summed E-state index contributed by atoms with van der Waals surface area (Å²) in [6.07, 6.45) is 4.11. The second kappa shape index (κ2) is 5.63. The number of hydrogen-bond acceptors (Lipinski definition) is 3. The summed E-state index contributed by atoms with van der Waals surface area (Å²) >= 11 is 3.49. The van der Waals surface area contributed by atoms with E-state index in [2.05, 4.69) is 32.3 Å². The van der Waals surface area contributed by atoms with E-state index >= 15 is 0 Å². The Morgan fingerprint density at radius 2 is 2.35 bits per heavy atom. The number of rotatable bonds is 3. The van der Waals surface area contributed by atoms with E-state index in [9.17, 15) is 4.79 Å². The highest BCUT2D eigenvalue weighted by Crippen LogP contribution is 2.32. The fourth-order valence-electron chi connectivity index (χ4n) is 2.25. The number of hydrogen-bond donors (Lipinski definition) is 1. The second-order valence-corrected chi connectivity index (χ2v) is 5.49. The molecule has 1 aromatic heterocycles. The normalized spacial score (nSPS) is 12.7. The van der Waals surface area contributed by atoms with Crippen LogP contribution in [0.4, 0.5) is 0 Å². The van der Waals surface area contributed by atoms with Crippen molar-refractivity contribution in [3.8, 4) is 5.75 Å². The Labute approximate surface area is 125 Å². The van der Waals surface area contributed by atoms with Gasteiger partial charge in [-0.3, -0.25) is 9.78 Å². The van der Waals surface area contributed by atoms with Gasteiger partial charge < -0.3 is 10.1 Å². The Bertz CT molecular complexity index is 644. The molecule has 0 unspecified atom stereocenters. The lowest BCUT2D eigenvalue weighted by Gasteiger charge is -2.10. The van der Waals surface area contributed by atoms with E-state index in [1.165, 1.54) is 5.56 Å². The van der Waals surface area contributed by atoms with Crippen LogP contribution in [0.25, 0.3) is 0 Å². The molecule has 0 atom stereocenters. The summed E-state index contributed by atoms with van der Waals surface area (Å²) in [4.78, 5) is 15.9. The van der Waals surface area contributed by atoms with E-state index in [4.69, 9.17) is 4.74 Å². The number of pyridine rings is 1. The van der Waals surface area contributed by atoms with Crippen molar-refractivity contribution in [1.29, 1.82) is 0 Å². The average Bonchev–Trinajstić information content (AvgIpc) is 2.93. The number of carbonyl (C=O) groups excluding carboxylic acids is 1. The molecule has 3 rings (SSSR count). The van der Waals surface area contributed by atoms with Crippen molar-refractivity contribution >= 4 is 21.8 Å². The Hall–Kier alpha value is -1.88. The molecule has 102 valence electrons. The minimum Gasteiger partial charge on any atom is -0.493 e. The van der Waals surface area contributed by atoms with Crippen molar-refractivity contribution in [2.24, 2.45) is 0 Å². The van der Waals surface area contributed by atoms with E-state index in [0.29, 0.717) is 18.7 Å². The Morgan fingerprint density at radius 3 is 3.15 bits per heavy atom. The molecule has 0 fully saturated rings. The Morgan fingerprint density at radius 1 is 1.45 bits per heavy atom. The molecule has 0 aliphatic carbocycles. The van der Waals surface area contributed by atoms with Gasteiger partial charge in [0, 0.05) is 35.4 Å². The predicted octanol–water partition coefficient (Wildman–Crippen LogP) is 2.71. The summed E-state index contributed by atoms with van der Waals surface area (Å²) in [5, 5.41) is 2.89. The number of aromatic nitrogens is 1. The van der Waals surface area contributed by atoms with Gasteiger partial charge in [0.1, 0.15) is 5.75 Å². The number of benzene rings is 1. The minimum absolute atomic E-state index is 0.134. The zero-order chi connectivity index (χ0) is 13.9. The van der Waals surface area contributed by atoms with Crippen LogP contribution in [0.1, 0.15) is 21.5 Å². The van der Waals surface area contributed by atoms with E-state index in [0.717, 1.165) is 22.2 Å². The molecule has 5 heteroatoms. The molecule has 0 saturated carbocycles. The molecular formula is C15H13BrN2O2. The fourth-order valence-corrected chi connectivity index (χ4v) is 2.80. The third-order valence-electron chi connectivity index (χ3n) is 3.19. The van der Waals surface area contributed by atoms with Gasteiger partial charge in [0.05, 0.1) is 12.2 Å². The SMILES string of the molecule is O=C(NCc1cc(Br)cc2c1OCC2)c1cccnc1. The van der Waals surface area contributed by atoms with E-state index in [1.807, 2.05) is 6.07 Å². The van der Waals surface area contributed by atoms with E-state index < -0.39 is 0 Å². The number of nitrogens with one attached hydrogen (secondary N) is 1. The van der Waals surface area contributed by atoms with Crippen LogP contribution in [-0.2, 0) is 13.0 Å². The van der Waals surface area contributed by atoms with Gasteiger partial charge in [-0.05, 0) is 29.8 Å². The van der Waals surface area contributed by atoms with Crippen LogP contribution in [-0.4, -0.2) is 17.5 Å². The van der Waals surface area contributed by atoms with Gasteiger partial charge in [0.15, 0.2) is 0 Å². The Balaban J connectivity index is 1.75. The van der Waals surface area contributed by atoms with Gasteiger partial charge in [0.2, 0.25) is 0 Å². The number of halogens is 1. The topological polar surface area (TPSA) is 51.2 Å². The number of amides is 1. The quantitative estimate of drug-likeness (QED) is 0.940. The summed E-state index contributed by atoms with van der Waals surface area (Å²) in [7, 11) is 0. The van der Waals surface area contributed by atoms with Gasteiger partial charge in [-0.2, -0.15) is 0 Å². The summed E-state index contributed by atoms with van der Waals surface area (Å²) in [5.74, 6) is 0.768. The van der Waals surface area contributed by atoms with Crippen LogP contribution in [0, 0.1) is 0 Å². The maximum Gasteiger partial charge on any atom is 0.253 e. The number of ether oxygens (including phenoxy) is 1. The monoisotopic (exact) mass is 332 g/mol. The summed E-state index contributed by atoms with van der Waals surface area (Å²) in [5.41, 5.74) is 2.73. The Kier molecular flexibility index (Phi) is 3.69. The first-order valence-electron chi connectivity index (χ1n) is 6.36. The average molecular weight is 333 g/mol. The molecule has 0 spiro atoms. The van der Waals surface area contributed by atoms with Crippen molar-refractivity contribution in [2.75, 3.05) is 6.61 Å². The number of nitrogens with zero attached hydrogens (tertiary/aromatic N) is 1. The van der Waals surface area contributed by atoms with Crippen molar-refractivity contribution in [3.63, 3.8) is 0 Å². The van der Waals surface area contributed by atoms with Crippen LogP contribution in [0.2, 0.25) is 0 Å². The van der Waals surface area contributed by atoms with Gasteiger partial charge in [-0.15, -0.1) is 0 Å². The highest BCUT2D eigenvalue weighted by Gasteiger charge is 2.18. The predicted molar refractivity (Wildman–Crippen MR) is 78.7 cm³/mol. The summed E-state index contributed by atoms with van der Waals surface area (Å²) < 4.78 is 6.64. The molecule has 1 aliphatic rings. The number of carbonyl (C=O) groups is 1. The van der Waals surface area contributed by atoms with Gasteiger partial charge in [0.25, 0.3) is 5.91 Å². The van der Waals surface area contributed by atoms with Crippen LogP contribution in [0.15, 0.2) is 41.1 Å². The maximum absolute atomic E-state index is 12.0. The molecule has 2 heterocycles. The van der Waals surface area contributed by atoms with Gasteiger partial charge >= 0.3 is 0 Å². The second-order valence-electron chi connectivity index (χ2n) is 4.58. The van der Waals surface area contributed by atoms with Crippen molar-refractivity contribution < 1.29 is 9.53 Å². The standard InChI is InChI=1S/C15H13BrN2O2/c16-13-6-10-3-5-20-14(10)12(7-13)9-18-15(19)11-2-1-4-17-8-11/h1-2,4,6-8H,3,5,9H2,(H,18,19). The largest absolute Gasteiger partial charge is 0.493 e. The fraction of sp³-hybridized carbons (Fsp3) is 0.200. The first kappa shape index (κ1) is 13.1. The molecule has 0 bridgehead atoms. The molecule has 1 N–H and O–H groups in total. The molecule has 2 aromatic rings. The number of fused-ring (bicyclic) bond motifs is 1. The summed E-state index contributed by atoms with van der Waals surface area (Å²) in [6.45, 7) is 1.14. The third kappa shape index (κ3) is 2.67. The van der Waals surface area contributed by atoms with Crippen LogP contribution in [0.5, 0.6) is 5.75 Å². The lowest BCUT2D eigenvalue weighted by Crippen LogP contribution is -2.23. The first-order valence-corrected chi connectivity index (χ1v) is 7.15. The smallest absolute Gasteiger partial charge is 0.253 e. The zero-order valence-corrected chi connectivity index (χ0v) is 12.3. The van der Waals surface area contributed by atoms with Crippen LogP contribution < -0.4 is 10.1 Å². The lowest BCUT2D eigenvalue weighted by atomic mass is 10.1. The molecule has 0 saturated heterocycles. The molecule has 1 aromatic carbocycles. The van der Waals surface area contributed by atoms with E-state index in [1.54, 1.807) is 24.5 Å². The van der Waals surface area contributed by atoms with Gasteiger partial charge in [-0.1, -0.05) is 15.9 Å². The van der Waals surface area contributed by atoms with Crippen molar-refractivity contribution in [3.05, 3.63) is 57.8 Å². The minimum atomic E-state index is -0.134. The van der Waals surface area contributed by atoms with Crippen LogP contribution >= 0.6 is 15.9 Å². The molecule has 20 heavy (non-hydrogen) atoms. The first-order chi connectivity index (χ1) is 9.74. The third-order valence-corrected chi connectivity index (χ3v) is 3.65. The van der Waals surface area contributed by atoms with Crippen molar-refractivity contribution in [1.82, 2.24) is 10.3 Å². The molecule has 0 radical (unpaired) electrons. The maximum atomic E-state index is 12.0. The highest BCUT2D eigenvalue weighted by molar-refractivity contribution is 9.10. The molecule has 1 aliphatic heterocycles. The summed E-state index contributed by atoms with van der Waals surface area (Å²) in [6, 6.07) is 7.53. The highest BCUT2D eigenvalue weighted by atomic mass is 79.9. The zero-order valence-electron chi connectivity index (χ0n) is 10.7.